The summed E-state index contributed by atoms with van der Waals surface area (Å²) in [6.07, 6.45) is 5.56. The smallest absolute Gasteiger partial charge is 0.304 e. The Balaban J connectivity index is 3.24. The fourth-order valence-corrected chi connectivity index (χ4v) is 1.24. The molecule has 4 N–H and O–H groups in total. The van der Waals surface area contributed by atoms with Crippen molar-refractivity contribution in [3.63, 3.8) is 0 Å². The molecule has 1 atom stereocenters. The Hall–Kier alpha value is -0.910. The molecule has 100 valence electrons. The van der Waals surface area contributed by atoms with E-state index in [1.54, 1.807) is 6.08 Å². The van der Waals surface area contributed by atoms with E-state index in [2.05, 4.69) is 17.6 Å². The van der Waals surface area contributed by atoms with Gasteiger partial charge in [0.1, 0.15) is 0 Å². The number of carboxylic acids is 1. The predicted octanol–water partition coefficient (Wildman–Crippen LogP) is 0.358. The standard InChI is InChI=1S/C12H24N2O3/c1-2-3-4-5-11(15)10-14-9-8-13-7-6-12(16)17/h4-5,11,13-15H,2-3,6-10H2,1H3,(H,16,17)/b5-4+. The van der Waals surface area contributed by atoms with Crippen LogP contribution in [0.4, 0.5) is 0 Å². The van der Waals surface area contributed by atoms with Gasteiger partial charge in [0.15, 0.2) is 0 Å². The van der Waals surface area contributed by atoms with E-state index in [1.165, 1.54) is 0 Å². The Bertz CT molecular complexity index is 220. The number of aliphatic hydroxyl groups is 1. The molecule has 0 amide bonds. The molecular weight excluding hydrogens is 220 g/mol. The second kappa shape index (κ2) is 11.6. The summed E-state index contributed by atoms with van der Waals surface area (Å²) in [5.41, 5.74) is 0. The summed E-state index contributed by atoms with van der Waals surface area (Å²) in [6.45, 7) is 4.53. The lowest BCUT2D eigenvalue weighted by molar-refractivity contribution is -0.136. The zero-order chi connectivity index (χ0) is 12.9. The van der Waals surface area contributed by atoms with Crippen LogP contribution >= 0.6 is 0 Å². The van der Waals surface area contributed by atoms with E-state index < -0.39 is 12.1 Å². The maximum absolute atomic E-state index is 10.2. The molecule has 0 saturated carbocycles. The highest BCUT2D eigenvalue weighted by Gasteiger charge is 1.98. The quantitative estimate of drug-likeness (QED) is 0.312. The lowest BCUT2D eigenvalue weighted by Gasteiger charge is -2.08. The van der Waals surface area contributed by atoms with Crippen molar-refractivity contribution in [2.45, 2.75) is 32.3 Å². The average Bonchev–Trinajstić information content (AvgIpc) is 2.28. The maximum Gasteiger partial charge on any atom is 0.304 e. The predicted molar refractivity (Wildman–Crippen MR) is 68.0 cm³/mol. The van der Waals surface area contributed by atoms with E-state index in [4.69, 9.17) is 5.11 Å². The number of unbranched alkanes of at least 4 members (excludes halogenated alkanes) is 1. The average molecular weight is 244 g/mol. The molecule has 0 aliphatic heterocycles. The van der Waals surface area contributed by atoms with E-state index in [9.17, 15) is 9.90 Å². The summed E-state index contributed by atoms with van der Waals surface area (Å²) in [4.78, 5) is 10.2. The lowest BCUT2D eigenvalue weighted by atomic mass is 10.2. The Morgan fingerprint density at radius 1 is 1.29 bits per heavy atom. The summed E-state index contributed by atoms with van der Waals surface area (Å²) < 4.78 is 0. The van der Waals surface area contributed by atoms with Crippen molar-refractivity contribution in [2.75, 3.05) is 26.2 Å². The van der Waals surface area contributed by atoms with Gasteiger partial charge in [0.2, 0.25) is 0 Å². The second-order valence-electron chi connectivity index (χ2n) is 3.88. The Morgan fingerprint density at radius 3 is 2.65 bits per heavy atom. The first-order valence-electron chi connectivity index (χ1n) is 6.14. The molecule has 0 heterocycles. The van der Waals surface area contributed by atoms with E-state index in [0.29, 0.717) is 19.6 Å². The number of carboxylic acid groups (broad SMARTS) is 1. The van der Waals surface area contributed by atoms with Gasteiger partial charge in [-0.2, -0.15) is 0 Å². The molecular formula is C12H24N2O3. The first-order chi connectivity index (χ1) is 8.16. The number of rotatable bonds is 11. The van der Waals surface area contributed by atoms with Crippen LogP contribution in [0.15, 0.2) is 12.2 Å². The van der Waals surface area contributed by atoms with Gasteiger partial charge < -0.3 is 20.8 Å². The molecule has 1 unspecified atom stereocenters. The van der Waals surface area contributed by atoms with E-state index in [0.717, 1.165) is 19.4 Å². The number of hydrogen-bond donors (Lipinski definition) is 4. The van der Waals surface area contributed by atoms with Gasteiger partial charge in [-0.1, -0.05) is 25.5 Å². The molecule has 17 heavy (non-hydrogen) atoms. The fourth-order valence-electron chi connectivity index (χ4n) is 1.24. The first-order valence-corrected chi connectivity index (χ1v) is 6.14. The maximum atomic E-state index is 10.2. The molecule has 5 nitrogen and oxygen atoms in total. The number of aliphatic hydroxyl groups excluding tert-OH is 1. The first kappa shape index (κ1) is 16.1. The van der Waals surface area contributed by atoms with Gasteiger partial charge in [0.05, 0.1) is 12.5 Å². The number of hydrogen-bond acceptors (Lipinski definition) is 4. The highest BCUT2D eigenvalue weighted by molar-refractivity contribution is 5.66. The lowest BCUT2D eigenvalue weighted by Crippen LogP contribution is -2.32. The molecule has 0 bridgehead atoms. The summed E-state index contributed by atoms with van der Waals surface area (Å²) in [6, 6.07) is 0. The van der Waals surface area contributed by atoms with Crippen LogP contribution in [0.3, 0.4) is 0 Å². The molecule has 0 radical (unpaired) electrons. The van der Waals surface area contributed by atoms with Crippen LogP contribution < -0.4 is 10.6 Å². The molecule has 5 heteroatoms. The van der Waals surface area contributed by atoms with Gasteiger partial charge in [0, 0.05) is 26.2 Å². The molecule has 0 aromatic carbocycles. The van der Waals surface area contributed by atoms with Crippen molar-refractivity contribution in [2.24, 2.45) is 0 Å². The molecule has 0 aliphatic carbocycles. The van der Waals surface area contributed by atoms with Crippen LogP contribution in [0.2, 0.25) is 0 Å². The van der Waals surface area contributed by atoms with E-state index in [-0.39, 0.29) is 6.42 Å². The van der Waals surface area contributed by atoms with Gasteiger partial charge in [-0.25, -0.2) is 0 Å². The van der Waals surface area contributed by atoms with Crippen LogP contribution in [-0.4, -0.2) is 48.5 Å². The van der Waals surface area contributed by atoms with Crippen molar-refractivity contribution in [1.29, 1.82) is 0 Å². The van der Waals surface area contributed by atoms with Crippen molar-refractivity contribution in [1.82, 2.24) is 10.6 Å². The van der Waals surface area contributed by atoms with E-state index >= 15 is 0 Å². The zero-order valence-electron chi connectivity index (χ0n) is 10.5. The largest absolute Gasteiger partial charge is 0.481 e. The molecule has 0 fully saturated rings. The summed E-state index contributed by atoms with van der Waals surface area (Å²) in [7, 11) is 0. The van der Waals surface area contributed by atoms with Crippen LogP contribution in [-0.2, 0) is 4.79 Å². The van der Waals surface area contributed by atoms with Crippen molar-refractivity contribution < 1.29 is 15.0 Å². The molecule has 0 aliphatic rings. The van der Waals surface area contributed by atoms with Crippen LogP contribution in [0.1, 0.15) is 26.2 Å². The number of nitrogens with one attached hydrogen (secondary N) is 2. The highest BCUT2D eigenvalue weighted by Crippen LogP contribution is 1.91. The Kier molecular flexibility index (Phi) is 11.0. The van der Waals surface area contributed by atoms with Crippen LogP contribution in [0.5, 0.6) is 0 Å². The minimum absolute atomic E-state index is 0.141. The topological polar surface area (TPSA) is 81.6 Å². The van der Waals surface area contributed by atoms with Crippen LogP contribution in [0.25, 0.3) is 0 Å². The van der Waals surface area contributed by atoms with Crippen molar-refractivity contribution in [3.05, 3.63) is 12.2 Å². The minimum Gasteiger partial charge on any atom is -0.481 e. The summed E-state index contributed by atoms with van der Waals surface area (Å²) >= 11 is 0. The summed E-state index contributed by atoms with van der Waals surface area (Å²) in [5.74, 6) is -0.790. The molecule has 0 saturated heterocycles. The van der Waals surface area contributed by atoms with Gasteiger partial charge in [-0.15, -0.1) is 0 Å². The second-order valence-corrected chi connectivity index (χ2v) is 3.88. The molecule has 0 aromatic rings. The zero-order valence-corrected chi connectivity index (χ0v) is 10.5. The minimum atomic E-state index is -0.790. The number of allylic oxidation sites excluding steroid dienone is 1. The molecule has 0 spiro atoms. The number of carbonyl (C=O) groups is 1. The molecule has 0 rings (SSSR count). The Labute approximate surface area is 103 Å². The molecule has 0 aromatic heterocycles. The van der Waals surface area contributed by atoms with Gasteiger partial charge in [0.25, 0.3) is 0 Å². The van der Waals surface area contributed by atoms with E-state index in [1.807, 2.05) is 6.08 Å². The summed E-state index contributed by atoms with van der Waals surface area (Å²) in [5, 5.41) is 24.0. The van der Waals surface area contributed by atoms with Crippen molar-refractivity contribution in [3.8, 4) is 0 Å². The van der Waals surface area contributed by atoms with Crippen molar-refractivity contribution >= 4 is 5.97 Å². The van der Waals surface area contributed by atoms with Gasteiger partial charge >= 0.3 is 5.97 Å². The third kappa shape index (κ3) is 13.0. The fraction of sp³-hybridized carbons (Fsp3) is 0.750. The van der Waals surface area contributed by atoms with Gasteiger partial charge in [-0.3, -0.25) is 4.79 Å². The third-order valence-electron chi connectivity index (χ3n) is 2.16. The Morgan fingerprint density at radius 2 is 2.00 bits per heavy atom. The highest BCUT2D eigenvalue weighted by atomic mass is 16.4. The third-order valence-corrected chi connectivity index (χ3v) is 2.16. The SMILES string of the molecule is CCC/C=C/C(O)CNCCNCCC(=O)O. The monoisotopic (exact) mass is 244 g/mol. The normalized spacial score (nSPS) is 13.1. The van der Waals surface area contributed by atoms with Gasteiger partial charge in [-0.05, 0) is 6.42 Å². The number of aliphatic carboxylic acids is 1. The van der Waals surface area contributed by atoms with Crippen LogP contribution in [0, 0.1) is 0 Å².